The van der Waals surface area contributed by atoms with Crippen LogP contribution < -0.4 is 20.3 Å². The first kappa shape index (κ1) is 14.6. The molecule has 2 N–H and O–H groups in total. The number of amides is 1. The number of carbonyl (C=O) groups is 1. The minimum Gasteiger partial charge on any atom is -0.493 e. The van der Waals surface area contributed by atoms with Gasteiger partial charge in [0.25, 0.3) is 11.5 Å². The average Bonchev–Trinajstić information content (AvgIpc) is 2.52. The molecule has 2 aromatic rings. The molecule has 6 nitrogen and oxygen atoms in total. The van der Waals surface area contributed by atoms with Gasteiger partial charge < -0.3 is 19.8 Å². The number of para-hydroxylation sites is 1. The van der Waals surface area contributed by atoms with Gasteiger partial charge in [-0.3, -0.25) is 9.59 Å². The predicted molar refractivity (Wildman–Crippen MR) is 77.8 cm³/mol. The van der Waals surface area contributed by atoms with E-state index < -0.39 is 11.5 Å². The number of aromatic amines is 1. The van der Waals surface area contributed by atoms with Crippen LogP contribution in [0.15, 0.2) is 41.3 Å². The maximum Gasteiger partial charge on any atom is 0.260 e. The molecule has 0 saturated carbocycles. The van der Waals surface area contributed by atoms with Gasteiger partial charge in [-0.05, 0) is 18.2 Å². The molecule has 0 spiro atoms. The summed E-state index contributed by atoms with van der Waals surface area (Å²) < 4.78 is 10.5. The largest absolute Gasteiger partial charge is 0.493 e. The number of rotatable bonds is 5. The second-order valence-corrected chi connectivity index (χ2v) is 4.25. The highest BCUT2D eigenvalue weighted by atomic mass is 16.5. The fourth-order valence-electron chi connectivity index (χ4n) is 1.96. The molecule has 0 unspecified atom stereocenters. The Morgan fingerprint density at radius 1 is 1.19 bits per heavy atom. The Hall–Kier alpha value is -2.76. The molecule has 21 heavy (non-hydrogen) atoms. The summed E-state index contributed by atoms with van der Waals surface area (Å²) in [6.45, 7) is 0.230. The van der Waals surface area contributed by atoms with Crippen LogP contribution in [0.1, 0.15) is 15.9 Å². The highest BCUT2D eigenvalue weighted by Gasteiger charge is 2.13. The van der Waals surface area contributed by atoms with E-state index in [0.29, 0.717) is 11.5 Å². The maximum atomic E-state index is 12.0. The van der Waals surface area contributed by atoms with E-state index in [1.807, 2.05) is 6.07 Å². The first-order valence-corrected chi connectivity index (χ1v) is 6.33. The standard InChI is InChI=1S/C15H16N2O4/c1-20-12-7-3-5-10(13(12)21-2)9-17-15(19)11-6-4-8-16-14(11)18/h3-8H,9H2,1-2H3,(H,16,18)(H,17,19). The van der Waals surface area contributed by atoms with Crippen molar-refractivity contribution >= 4 is 5.91 Å². The van der Waals surface area contributed by atoms with Crippen molar-refractivity contribution in [2.24, 2.45) is 0 Å². The van der Waals surface area contributed by atoms with Crippen molar-refractivity contribution in [1.82, 2.24) is 10.3 Å². The fourth-order valence-corrected chi connectivity index (χ4v) is 1.96. The van der Waals surface area contributed by atoms with Crippen LogP contribution in [0.25, 0.3) is 0 Å². The molecular weight excluding hydrogens is 272 g/mol. The van der Waals surface area contributed by atoms with Crippen LogP contribution in [0.3, 0.4) is 0 Å². The third-order valence-corrected chi connectivity index (χ3v) is 2.99. The van der Waals surface area contributed by atoms with Crippen molar-refractivity contribution in [2.45, 2.75) is 6.54 Å². The molecule has 0 saturated heterocycles. The van der Waals surface area contributed by atoms with E-state index in [1.54, 1.807) is 25.3 Å². The summed E-state index contributed by atoms with van der Waals surface area (Å²) in [5.41, 5.74) is 0.407. The molecule has 1 aromatic heterocycles. The van der Waals surface area contributed by atoms with Gasteiger partial charge in [-0.1, -0.05) is 12.1 Å². The number of pyridine rings is 1. The molecule has 0 fully saturated rings. The first-order valence-electron chi connectivity index (χ1n) is 6.33. The molecule has 0 atom stereocenters. The third kappa shape index (κ3) is 3.22. The minimum atomic E-state index is -0.443. The molecule has 0 aliphatic carbocycles. The van der Waals surface area contributed by atoms with Crippen molar-refractivity contribution in [3.05, 3.63) is 58.0 Å². The van der Waals surface area contributed by atoms with Gasteiger partial charge in [0.1, 0.15) is 5.56 Å². The number of ether oxygens (including phenoxy) is 2. The molecule has 6 heteroatoms. The third-order valence-electron chi connectivity index (χ3n) is 2.99. The topological polar surface area (TPSA) is 80.4 Å². The summed E-state index contributed by atoms with van der Waals surface area (Å²) in [6, 6.07) is 8.46. The Bertz CT molecular complexity index is 694. The zero-order valence-electron chi connectivity index (χ0n) is 11.8. The van der Waals surface area contributed by atoms with Gasteiger partial charge >= 0.3 is 0 Å². The van der Waals surface area contributed by atoms with E-state index in [-0.39, 0.29) is 12.1 Å². The summed E-state index contributed by atoms with van der Waals surface area (Å²) in [5.74, 6) is 0.700. The highest BCUT2D eigenvalue weighted by molar-refractivity contribution is 5.93. The second-order valence-electron chi connectivity index (χ2n) is 4.25. The quantitative estimate of drug-likeness (QED) is 0.869. The van der Waals surface area contributed by atoms with Crippen LogP contribution in [-0.2, 0) is 6.54 Å². The van der Waals surface area contributed by atoms with Crippen LogP contribution in [0.5, 0.6) is 11.5 Å². The molecule has 1 aromatic carbocycles. The van der Waals surface area contributed by atoms with Gasteiger partial charge in [-0.25, -0.2) is 0 Å². The van der Waals surface area contributed by atoms with E-state index in [9.17, 15) is 9.59 Å². The van der Waals surface area contributed by atoms with Crippen molar-refractivity contribution in [3.63, 3.8) is 0 Å². The van der Waals surface area contributed by atoms with Crippen molar-refractivity contribution in [3.8, 4) is 11.5 Å². The van der Waals surface area contributed by atoms with E-state index in [2.05, 4.69) is 10.3 Å². The zero-order valence-corrected chi connectivity index (χ0v) is 11.8. The summed E-state index contributed by atoms with van der Waals surface area (Å²) in [5, 5.41) is 2.69. The number of benzene rings is 1. The molecule has 0 radical (unpaired) electrons. The van der Waals surface area contributed by atoms with E-state index in [4.69, 9.17) is 9.47 Å². The van der Waals surface area contributed by atoms with Crippen LogP contribution in [0.2, 0.25) is 0 Å². The Morgan fingerprint density at radius 2 is 2.00 bits per heavy atom. The summed E-state index contributed by atoms with van der Waals surface area (Å²) in [7, 11) is 3.08. The first-order chi connectivity index (χ1) is 10.2. The number of methoxy groups -OCH3 is 2. The number of nitrogens with one attached hydrogen (secondary N) is 2. The molecule has 1 heterocycles. The lowest BCUT2D eigenvalue weighted by Crippen LogP contribution is -2.29. The normalized spacial score (nSPS) is 10.0. The Kier molecular flexibility index (Phi) is 4.61. The van der Waals surface area contributed by atoms with Crippen molar-refractivity contribution in [2.75, 3.05) is 14.2 Å². The van der Waals surface area contributed by atoms with Crippen molar-refractivity contribution in [1.29, 1.82) is 0 Å². The Balaban J connectivity index is 2.15. The number of carbonyl (C=O) groups excluding carboxylic acids is 1. The van der Waals surface area contributed by atoms with E-state index in [1.165, 1.54) is 19.4 Å². The van der Waals surface area contributed by atoms with Gasteiger partial charge in [0.05, 0.1) is 14.2 Å². The SMILES string of the molecule is COc1cccc(CNC(=O)c2ccc[nH]c2=O)c1OC. The number of hydrogen-bond donors (Lipinski definition) is 2. The molecule has 110 valence electrons. The zero-order chi connectivity index (χ0) is 15.2. The number of hydrogen-bond acceptors (Lipinski definition) is 4. The molecule has 2 rings (SSSR count). The van der Waals surface area contributed by atoms with E-state index >= 15 is 0 Å². The lowest BCUT2D eigenvalue weighted by atomic mass is 10.1. The summed E-state index contributed by atoms with van der Waals surface area (Å²) >= 11 is 0. The maximum absolute atomic E-state index is 12.0. The molecule has 1 amide bonds. The van der Waals surface area contributed by atoms with Crippen LogP contribution in [0, 0.1) is 0 Å². The lowest BCUT2D eigenvalue weighted by molar-refractivity contribution is 0.0949. The molecule has 0 aliphatic rings. The second kappa shape index (κ2) is 6.60. The lowest BCUT2D eigenvalue weighted by Gasteiger charge is -2.13. The average molecular weight is 288 g/mol. The minimum absolute atomic E-state index is 0.0689. The van der Waals surface area contributed by atoms with Gasteiger partial charge in [0.15, 0.2) is 11.5 Å². The molecule has 0 bridgehead atoms. The van der Waals surface area contributed by atoms with Crippen LogP contribution in [0.4, 0.5) is 0 Å². The number of H-pyrrole nitrogens is 1. The van der Waals surface area contributed by atoms with Gasteiger partial charge in [0.2, 0.25) is 0 Å². The smallest absolute Gasteiger partial charge is 0.260 e. The van der Waals surface area contributed by atoms with Crippen LogP contribution >= 0.6 is 0 Å². The molecule has 0 aliphatic heterocycles. The summed E-state index contributed by atoms with van der Waals surface area (Å²) in [4.78, 5) is 26.0. The highest BCUT2D eigenvalue weighted by Crippen LogP contribution is 2.30. The van der Waals surface area contributed by atoms with Gasteiger partial charge in [0, 0.05) is 18.3 Å². The Labute approximate surface area is 121 Å². The van der Waals surface area contributed by atoms with Gasteiger partial charge in [-0.2, -0.15) is 0 Å². The van der Waals surface area contributed by atoms with Crippen LogP contribution in [-0.4, -0.2) is 25.1 Å². The number of aromatic nitrogens is 1. The Morgan fingerprint density at radius 3 is 2.67 bits per heavy atom. The van der Waals surface area contributed by atoms with Crippen molar-refractivity contribution < 1.29 is 14.3 Å². The van der Waals surface area contributed by atoms with Gasteiger partial charge in [-0.15, -0.1) is 0 Å². The monoisotopic (exact) mass is 288 g/mol. The van der Waals surface area contributed by atoms with E-state index in [0.717, 1.165) is 5.56 Å². The fraction of sp³-hybridized carbons (Fsp3) is 0.200. The molecular formula is C15H16N2O4. The summed E-state index contributed by atoms with van der Waals surface area (Å²) in [6.07, 6.45) is 1.48. The predicted octanol–water partition coefficient (Wildman–Crippen LogP) is 1.32.